The second-order valence-electron chi connectivity index (χ2n) is 5.05. The molecule has 2 rings (SSSR count). The number of likely N-dealkylation sites (N-methyl/N-ethyl adjacent to an activating group) is 1. The smallest absolute Gasteiger partial charge is 0.260 e. The summed E-state index contributed by atoms with van der Waals surface area (Å²) in [4.78, 5) is 13.7. The van der Waals surface area contributed by atoms with Crippen LogP contribution in [0.5, 0.6) is 5.75 Å². The molecule has 0 aliphatic heterocycles. The molecule has 0 saturated heterocycles. The van der Waals surface area contributed by atoms with Crippen LogP contribution in [0, 0.1) is 0 Å². The Bertz CT molecular complexity index is 691. The first-order valence-electron chi connectivity index (χ1n) is 7.00. The first-order chi connectivity index (χ1) is 11.0. The number of hydrogen-bond donors (Lipinski definition) is 1. The van der Waals surface area contributed by atoms with Gasteiger partial charge in [-0.15, -0.1) is 0 Å². The first-order valence-corrected chi connectivity index (χ1v) is 7.76. The summed E-state index contributed by atoms with van der Waals surface area (Å²) >= 11 is 11.8. The fraction of sp³-hybridized carbons (Fsp3) is 0.235. The van der Waals surface area contributed by atoms with E-state index in [0.717, 1.165) is 5.56 Å². The fourth-order valence-corrected chi connectivity index (χ4v) is 2.35. The number of carbonyl (C=O) groups is 1. The number of hydrogen-bond acceptors (Lipinski definition) is 3. The van der Waals surface area contributed by atoms with Gasteiger partial charge in [0.05, 0.1) is 16.7 Å². The van der Waals surface area contributed by atoms with E-state index in [1.54, 1.807) is 48.3 Å². The third kappa shape index (κ3) is 4.86. The molecule has 0 atom stereocenters. The molecule has 0 bridgehead atoms. The van der Waals surface area contributed by atoms with Gasteiger partial charge < -0.3 is 14.7 Å². The standard InChI is InChI=1S/C17H17Cl2NO3/c1-20(9-12-6-7-14(18)15(19)8-12)17(22)11-23-16-5-3-2-4-13(16)10-21/h2-8,21H,9-11H2,1H3. The van der Waals surface area contributed by atoms with Crippen molar-refractivity contribution in [2.75, 3.05) is 13.7 Å². The molecule has 2 aromatic rings. The molecule has 122 valence electrons. The van der Waals surface area contributed by atoms with Crippen LogP contribution in [0.25, 0.3) is 0 Å². The normalized spacial score (nSPS) is 10.4. The molecule has 1 N–H and O–H groups in total. The van der Waals surface area contributed by atoms with Crippen molar-refractivity contribution in [1.82, 2.24) is 4.90 Å². The van der Waals surface area contributed by atoms with Gasteiger partial charge in [0.25, 0.3) is 5.91 Å². The number of rotatable bonds is 6. The number of nitrogens with zero attached hydrogens (tertiary/aromatic N) is 1. The van der Waals surface area contributed by atoms with E-state index in [-0.39, 0.29) is 19.1 Å². The highest BCUT2D eigenvalue weighted by molar-refractivity contribution is 6.42. The second-order valence-corrected chi connectivity index (χ2v) is 5.87. The van der Waals surface area contributed by atoms with Crippen LogP contribution in [-0.4, -0.2) is 29.6 Å². The van der Waals surface area contributed by atoms with Crippen LogP contribution in [0.15, 0.2) is 42.5 Å². The van der Waals surface area contributed by atoms with Gasteiger partial charge in [0.15, 0.2) is 6.61 Å². The van der Waals surface area contributed by atoms with Crippen molar-refractivity contribution < 1.29 is 14.6 Å². The van der Waals surface area contributed by atoms with Gasteiger partial charge in [0.1, 0.15) is 5.75 Å². The van der Waals surface area contributed by atoms with Gasteiger partial charge in [0.2, 0.25) is 0 Å². The number of para-hydroxylation sites is 1. The summed E-state index contributed by atoms with van der Waals surface area (Å²) < 4.78 is 5.49. The molecule has 0 aromatic heterocycles. The van der Waals surface area contributed by atoms with Crippen LogP contribution >= 0.6 is 23.2 Å². The molecular weight excluding hydrogens is 337 g/mol. The summed E-state index contributed by atoms with van der Waals surface area (Å²) in [6.07, 6.45) is 0. The molecule has 0 aliphatic rings. The first kappa shape index (κ1) is 17.6. The zero-order valence-electron chi connectivity index (χ0n) is 12.6. The molecule has 23 heavy (non-hydrogen) atoms. The summed E-state index contributed by atoms with van der Waals surface area (Å²) in [5, 5.41) is 10.2. The Hall–Kier alpha value is -1.75. The minimum atomic E-state index is -0.177. The maximum absolute atomic E-state index is 12.2. The molecule has 0 saturated carbocycles. The minimum Gasteiger partial charge on any atom is -0.483 e. The zero-order valence-corrected chi connectivity index (χ0v) is 14.1. The van der Waals surface area contributed by atoms with Crippen LogP contribution in [-0.2, 0) is 17.9 Å². The van der Waals surface area contributed by atoms with E-state index in [9.17, 15) is 9.90 Å². The molecule has 0 unspecified atom stereocenters. The van der Waals surface area contributed by atoms with E-state index in [2.05, 4.69) is 0 Å². The van der Waals surface area contributed by atoms with Gasteiger partial charge in [-0.1, -0.05) is 47.5 Å². The quantitative estimate of drug-likeness (QED) is 0.864. The Balaban J connectivity index is 1.93. The van der Waals surface area contributed by atoms with E-state index in [1.165, 1.54) is 0 Å². The van der Waals surface area contributed by atoms with Gasteiger partial charge in [0, 0.05) is 19.2 Å². The van der Waals surface area contributed by atoms with Crippen molar-refractivity contribution in [1.29, 1.82) is 0 Å². The van der Waals surface area contributed by atoms with E-state index >= 15 is 0 Å². The van der Waals surface area contributed by atoms with Crippen molar-refractivity contribution in [3.63, 3.8) is 0 Å². The van der Waals surface area contributed by atoms with Crippen molar-refractivity contribution in [2.24, 2.45) is 0 Å². The highest BCUT2D eigenvalue weighted by Gasteiger charge is 2.12. The Morgan fingerprint density at radius 2 is 1.91 bits per heavy atom. The Labute approximate surface area is 145 Å². The SMILES string of the molecule is CN(Cc1ccc(Cl)c(Cl)c1)C(=O)COc1ccccc1CO. The van der Waals surface area contributed by atoms with E-state index < -0.39 is 0 Å². The van der Waals surface area contributed by atoms with Crippen molar-refractivity contribution >= 4 is 29.1 Å². The van der Waals surface area contributed by atoms with Gasteiger partial charge >= 0.3 is 0 Å². The summed E-state index contributed by atoms with van der Waals surface area (Å²) in [6, 6.07) is 12.3. The van der Waals surface area contributed by atoms with Crippen molar-refractivity contribution in [3.05, 3.63) is 63.6 Å². The number of aliphatic hydroxyl groups is 1. The van der Waals surface area contributed by atoms with Crippen molar-refractivity contribution in [2.45, 2.75) is 13.2 Å². The molecule has 0 heterocycles. The lowest BCUT2D eigenvalue weighted by molar-refractivity contribution is -0.132. The average molecular weight is 354 g/mol. The van der Waals surface area contributed by atoms with Crippen molar-refractivity contribution in [3.8, 4) is 5.75 Å². The second kappa shape index (κ2) is 8.20. The number of benzene rings is 2. The highest BCUT2D eigenvalue weighted by Crippen LogP contribution is 2.23. The Kier molecular flexibility index (Phi) is 6.28. The van der Waals surface area contributed by atoms with Crippen LogP contribution in [0.3, 0.4) is 0 Å². The van der Waals surface area contributed by atoms with E-state index in [0.29, 0.717) is 27.9 Å². The maximum Gasteiger partial charge on any atom is 0.260 e. The number of carbonyl (C=O) groups excluding carboxylic acids is 1. The molecule has 0 radical (unpaired) electrons. The minimum absolute atomic E-state index is 0.102. The van der Waals surface area contributed by atoms with Crippen LogP contribution in [0.4, 0.5) is 0 Å². The fourth-order valence-electron chi connectivity index (χ4n) is 2.02. The molecule has 4 nitrogen and oxygen atoms in total. The maximum atomic E-state index is 12.2. The highest BCUT2D eigenvalue weighted by atomic mass is 35.5. The Morgan fingerprint density at radius 1 is 1.17 bits per heavy atom. The lowest BCUT2D eigenvalue weighted by Crippen LogP contribution is -2.31. The zero-order chi connectivity index (χ0) is 16.8. The van der Waals surface area contributed by atoms with Gasteiger partial charge in [-0.25, -0.2) is 0 Å². The predicted octanol–water partition coefficient (Wildman–Crippen LogP) is 3.52. The summed E-state index contributed by atoms with van der Waals surface area (Å²) in [5.74, 6) is 0.329. The van der Waals surface area contributed by atoms with Gasteiger partial charge in [-0.05, 0) is 23.8 Å². The molecular formula is C17H17Cl2NO3. The third-order valence-corrected chi connectivity index (χ3v) is 4.06. The van der Waals surface area contributed by atoms with Gasteiger partial charge in [-0.3, -0.25) is 4.79 Å². The van der Waals surface area contributed by atoms with Crippen LogP contribution in [0.2, 0.25) is 10.0 Å². The molecule has 0 spiro atoms. The third-order valence-electron chi connectivity index (χ3n) is 3.32. The van der Waals surface area contributed by atoms with Gasteiger partial charge in [-0.2, -0.15) is 0 Å². The summed E-state index contributed by atoms with van der Waals surface area (Å²) in [6.45, 7) is 0.166. The van der Waals surface area contributed by atoms with E-state index in [4.69, 9.17) is 27.9 Å². The summed E-state index contributed by atoms with van der Waals surface area (Å²) in [7, 11) is 1.69. The van der Waals surface area contributed by atoms with Crippen LogP contribution in [0.1, 0.15) is 11.1 Å². The molecule has 0 fully saturated rings. The molecule has 0 aliphatic carbocycles. The Morgan fingerprint density at radius 3 is 2.61 bits per heavy atom. The molecule has 6 heteroatoms. The van der Waals surface area contributed by atoms with E-state index in [1.807, 2.05) is 6.07 Å². The summed E-state index contributed by atoms with van der Waals surface area (Å²) in [5.41, 5.74) is 1.53. The number of amides is 1. The topological polar surface area (TPSA) is 49.8 Å². The lowest BCUT2D eigenvalue weighted by atomic mass is 10.2. The number of aliphatic hydroxyl groups excluding tert-OH is 1. The molecule has 2 aromatic carbocycles. The van der Waals surface area contributed by atoms with Crippen LogP contribution < -0.4 is 4.74 Å². The number of ether oxygens (including phenoxy) is 1. The monoisotopic (exact) mass is 353 g/mol. The molecule has 1 amide bonds. The predicted molar refractivity (Wildman–Crippen MR) is 90.8 cm³/mol. The lowest BCUT2D eigenvalue weighted by Gasteiger charge is -2.18. The number of halogens is 2. The largest absolute Gasteiger partial charge is 0.483 e. The average Bonchev–Trinajstić information content (AvgIpc) is 2.56.